The third-order valence-corrected chi connectivity index (χ3v) is 6.06. The number of methoxy groups -OCH3 is 1. The SMILES string of the molecule is CC/C(C(=O)N1CCC[C@H]1CN1CCC[C@H]1C)=C(F)\C=C\c1ccc(OC)nc1. The summed E-state index contributed by atoms with van der Waals surface area (Å²) in [5, 5.41) is 0. The fourth-order valence-electron chi connectivity index (χ4n) is 4.30. The molecule has 1 amide bonds. The van der Waals surface area contributed by atoms with E-state index in [1.807, 2.05) is 11.8 Å². The van der Waals surface area contributed by atoms with Crippen LogP contribution in [0.2, 0.25) is 0 Å². The quantitative estimate of drug-likeness (QED) is 0.507. The molecule has 3 rings (SSSR count). The maximum atomic E-state index is 14.9. The van der Waals surface area contributed by atoms with Gasteiger partial charge in [0.1, 0.15) is 5.83 Å². The molecule has 2 aliphatic heterocycles. The molecule has 5 nitrogen and oxygen atoms in total. The monoisotopic (exact) mass is 401 g/mol. The van der Waals surface area contributed by atoms with E-state index in [0.29, 0.717) is 24.9 Å². The van der Waals surface area contributed by atoms with Crippen LogP contribution in [0, 0.1) is 0 Å². The molecule has 0 aromatic carbocycles. The van der Waals surface area contributed by atoms with E-state index in [9.17, 15) is 9.18 Å². The van der Waals surface area contributed by atoms with E-state index >= 15 is 0 Å². The van der Waals surface area contributed by atoms with Crippen molar-refractivity contribution in [2.24, 2.45) is 0 Å². The molecule has 3 heterocycles. The van der Waals surface area contributed by atoms with Crippen molar-refractivity contribution in [1.82, 2.24) is 14.8 Å². The highest BCUT2D eigenvalue weighted by molar-refractivity contribution is 5.94. The summed E-state index contributed by atoms with van der Waals surface area (Å²) in [6, 6.07) is 4.29. The Morgan fingerprint density at radius 1 is 1.31 bits per heavy atom. The first-order valence-corrected chi connectivity index (χ1v) is 10.6. The highest BCUT2D eigenvalue weighted by atomic mass is 19.1. The fourth-order valence-corrected chi connectivity index (χ4v) is 4.30. The molecule has 1 aromatic heterocycles. The van der Waals surface area contributed by atoms with Gasteiger partial charge in [0.2, 0.25) is 5.88 Å². The summed E-state index contributed by atoms with van der Waals surface area (Å²) in [5.74, 6) is -0.111. The molecule has 2 saturated heterocycles. The number of nitrogens with zero attached hydrogens (tertiary/aromatic N) is 3. The molecule has 0 bridgehead atoms. The van der Waals surface area contributed by atoms with E-state index in [1.165, 1.54) is 18.9 Å². The number of likely N-dealkylation sites (tertiary alicyclic amines) is 2. The minimum Gasteiger partial charge on any atom is -0.481 e. The molecule has 1 aromatic rings. The van der Waals surface area contributed by atoms with Crippen molar-refractivity contribution < 1.29 is 13.9 Å². The number of allylic oxidation sites excluding steroid dienone is 2. The van der Waals surface area contributed by atoms with Crippen LogP contribution in [0.15, 0.2) is 35.8 Å². The maximum Gasteiger partial charge on any atom is 0.253 e. The lowest BCUT2D eigenvalue weighted by atomic mass is 10.1. The molecule has 0 spiro atoms. The van der Waals surface area contributed by atoms with Crippen molar-refractivity contribution in [1.29, 1.82) is 0 Å². The van der Waals surface area contributed by atoms with Crippen LogP contribution < -0.4 is 4.74 Å². The predicted molar refractivity (Wildman–Crippen MR) is 113 cm³/mol. The number of carbonyl (C=O) groups excluding carboxylic acids is 1. The Balaban J connectivity index is 1.70. The van der Waals surface area contributed by atoms with Gasteiger partial charge in [0.05, 0.1) is 12.7 Å². The summed E-state index contributed by atoms with van der Waals surface area (Å²) in [6.45, 7) is 6.81. The number of halogens is 1. The molecule has 0 unspecified atom stereocenters. The molecule has 158 valence electrons. The van der Waals surface area contributed by atoms with Gasteiger partial charge in [-0.3, -0.25) is 9.69 Å². The van der Waals surface area contributed by atoms with Crippen molar-refractivity contribution in [3.63, 3.8) is 0 Å². The standard InChI is InChI=1S/C23H32FN3O2/c1-4-20(21(24)11-9-18-10-12-22(29-3)25-15-18)23(28)27-14-6-8-19(27)16-26-13-5-7-17(26)2/h9-12,15,17,19H,4-8,13-14,16H2,1-3H3/b11-9+,21-20-/t17-,19+/m1/s1. The van der Waals surface area contributed by atoms with Crippen molar-refractivity contribution in [3.05, 3.63) is 41.4 Å². The van der Waals surface area contributed by atoms with Gasteiger partial charge in [-0.2, -0.15) is 0 Å². The van der Waals surface area contributed by atoms with E-state index in [-0.39, 0.29) is 17.5 Å². The van der Waals surface area contributed by atoms with Crippen LogP contribution in [-0.2, 0) is 4.79 Å². The van der Waals surface area contributed by atoms with E-state index in [2.05, 4.69) is 16.8 Å². The van der Waals surface area contributed by atoms with E-state index in [4.69, 9.17) is 4.74 Å². The molecule has 2 aliphatic rings. The second-order valence-corrected chi connectivity index (χ2v) is 7.93. The highest BCUT2D eigenvalue weighted by Crippen LogP contribution is 2.26. The first-order chi connectivity index (χ1) is 14.0. The lowest BCUT2D eigenvalue weighted by molar-refractivity contribution is -0.128. The van der Waals surface area contributed by atoms with Crippen molar-refractivity contribution in [3.8, 4) is 5.88 Å². The summed E-state index contributed by atoms with van der Waals surface area (Å²) < 4.78 is 19.9. The number of ether oxygens (including phenoxy) is 1. The first-order valence-electron chi connectivity index (χ1n) is 10.6. The Hall–Kier alpha value is -2.21. The first kappa shape index (κ1) is 21.5. The zero-order valence-electron chi connectivity index (χ0n) is 17.7. The van der Waals surface area contributed by atoms with Crippen LogP contribution in [-0.4, -0.2) is 59.5 Å². The molecule has 0 aliphatic carbocycles. The Bertz CT molecular complexity index is 760. The summed E-state index contributed by atoms with van der Waals surface area (Å²) >= 11 is 0. The zero-order valence-corrected chi connectivity index (χ0v) is 17.7. The molecule has 2 atom stereocenters. The normalized spacial score (nSPS) is 23.7. The summed E-state index contributed by atoms with van der Waals surface area (Å²) in [4.78, 5) is 21.6. The number of amides is 1. The van der Waals surface area contributed by atoms with Gasteiger partial charge < -0.3 is 9.64 Å². The second kappa shape index (κ2) is 10.0. The largest absolute Gasteiger partial charge is 0.481 e. The van der Waals surface area contributed by atoms with Crippen LogP contribution in [0.3, 0.4) is 0 Å². The van der Waals surface area contributed by atoms with E-state index in [0.717, 1.165) is 31.5 Å². The minimum absolute atomic E-state index is 0.156. The molecule has 0 radical (unpaired) electrons. The van der Waals surface area contributed by atoms with E-state index in [1.54, 1.807) is 31.5 Å². The molecule has 6 heteroatoms. The van der Waals surface area contributed by atoms with Gasteiger partial charge in [-0.15, -0.1) is 0 Å². The van der Waals surface area contributed by atoms with Gasteiger partial charge in [0.15, 0.2) is 0 Å². The zero-order chi connectivity index (χ0) is 20.8. The Morgan fingerprint density at radius 3 is 2.72 bits per heavy atom. The molecule has 0 N–H and O–H groups in total. The van der Waals surface area contributed by atoms with Crippen LogP contribution in [0.25, 0.3) is 6.08 Å². The fraction of sp³-hybridized carbons (Fsp3) is 0.565. The second-order valence-electron chi connectivity index (χ2n) is 7.93. The number of hydrogen-bond donors (Lipinski definition) is 0. The Labute approximate surface area is 173 Å². The van der Waals surface area contributed by atoms with Gasteiger partial charge in [0.25, 0.3) is 5.91 Å². The van der Waals surface area contributed by atoms with Gasteiger partial charge in [-0.05, 0) is 63.3 Å². The maximum absolute atomic E-state index is 14.9. The molecular weight excluding hydrogens is 369 g/mol. The Morgan fingerprint density at radius 2 is 2.10 bits per heavy atom. The summed E-state index contributed by atoms with van der Waals surface area (Å²) in [5.41, 5.74) is 1.01. The molecule has 2 fully saturated rings. The van der Waals surface area contributed by atoms with E-state index < -0.39 is 5.83 Å². The van der Waals surface area contributed by atoms with Crippen LogP contribution in [0.5, 0.6) is 5.88 Å². The van der Waals surface area contributed by atoms with Crippen LogP contribution in [0.1, 0.15) is 51.5 Å². The van der Waals surface area contributed by atoms with Crippen LogP contribution in [0.4, 0.5) is 4.39 Å². The molecule has 0 saturated carbocycles. The summed E-state index contributed by atoms with van der Waals surface area (Å²) in [7, 11) is 1.55. The number of pyridine rings is 1. The number of hydrogen-bond acceptors (Lipinski definition) is 4. The summed E-state index contributed by atoms with van der Waals surface area (Å²) in [6.07, 6.45) is 9.43. The average molecular weight is 402 g/mol. The topological polar surface area (TPSA) is 45.7 Å². The predicted octanol–water partition coefficient (Wildman–Crippen LogP) is 4.21. The lowest BCUT2D eigenvalue weighted by Gasteiger charge is -2.31. The van der Waals surface area contributed by atoms with Gasteiger partial charge in [-0.25, -0.2) is 9.37 Å². The number of aromatic nitrogens is 1. The smallest absolute Gasteiger partial charge is 0.253 e. The van der Waals surface area contributed by atoms with Crippen LogP contribution >= 0.6 is 0 Å². The number of rotatable bonds is 7. The minimum atomic E-state index is -0.464. The van der Waals surface area contributed by atoms with Crippen molar-refractivity contribution >= 4 is 12.0 Å². The third kappa shape index (κ3) is 5.24. The average Bonchev–Trinajstić information content (AvgIpc) is 3.36. The van der Waals surface area contributed by atoms with Gasteiger partial charge in [-0.1, -0.05) is 13.0 Å². The van der Waals surface area contributed by atoms with Gasteiger partial charge in [0, 0.05) is 37.4 Å². The molecule has 29 heavy (non-hydrogen) atoms. The van der Waals surface area contributed by atoms with Gasteiger partial charge >= 0.3 is 0 Å². The van der Waals surface area contributed by atoms with Crippen molar-refractivity contribution in [2.45, 2.75) is 58.0 Å². The third-order valence-electron chi connectivity index (χ3n) is 6.06. The number of carbonyl (C=O) groups is 1. The Kier molecular flexibility index (Phi) is 7.42. The molecular formula is C23H32FN3O2. The highest BCUT2D eigenvalue weighted by Gasteiger charge is 2.34. The lowest BCUT2D eigenvalue weighted by Crippen LogP contribution is -2.44. The van der Waals surface area contributed by atoms with Crippen molar-refractivity contribution in [2.75, 3.05) is 26.7 Å².